The van der Waals surface area contributed by atoms with Gasteiger partial charge in [0, 0.05) is 5.69 Å². The fourth-order valence-corrected chi connectivity index (χ4v) is 3.93. The quantitative estimate of drug-likeness (QED) is 0.687. The molecule has 0 bridgehead atoms. The topological polar surface area (TPSA) is 78.5 Å². The van der Waals surface area contributed by atoms with Gasteiger partial charge in [-0.05, 0) is 42.6 Å². The van der Waals surface area contributed by atoms with E-state index in [4.69, 9.17) is 0 Å². The van der Waals surface area contributed by atoms with E-state index in [1.807, 2.05) is 24.4 Å². The number of aryl methyl sites for hydroxylation is 1. The summed E-state index contributed by atoms with van der Waals surface area (Å²) in [6, 6.07) is 17.1. The number of para-hydroxylation sites is 2. The van der Waals surface area contributed by atoms with Crippen molar-refractivity contribution < 1.29 is 14.4 Å². The van der Waals surface area contributed by atoms with Crippen LogP contribution in [0.5, 0.6) is 0 Å². The van der Waals surface area contributed by atoms with Gasteiger partial charge in [0.2, 0.25) is 11.8 Å². The van der Waals surface area contributed by atoms with Gasteiger partial charge in [-0.1, -0.05) is 35.9 Å². The molecule has 6 nitrogen and oxygen atoms in total. The predicted octanol–water partition coefficient (Wildman–Crippen LogP) is 4.05. The molecule has 0 spiro atoms. The molecule has 2 N–H and O–H groups in total. The van der Waals surface area contributed by atoms with E-state index in [0.29, 0.717) is 21.9 Å². The predicted molar refractivity (Wildman–Crippen MR) is 114 cm³/mol. The average molecular weight is 405 g/mol. The van der Waals surface area contributed by atoms with E-state index in [1.165, 1.54) is 16.2 Å². The number of nitrogens with zero attached hydrogens (tertiary/aromatic N) is 1. The van der Waals surface area contributed by atoms with Gasteiger partial charge in [0.15, 0.2) is 0 Å². The third-order valence-corrected chi connectivity index (χ3v) is 5.56. The summed E-state index contributed by atoms with van der Waals surface area (Å²) in [6.45, 7) is 1.96. The first-order valence-electron chi connectivity index (χ1n) is 9.16. The number of rotatable bonds is 4. The molecule has 4 rings (SSSR count). The van der Waals surface area contributed by atoms with Gasteiger partial charge in [-0.25, -0.2) is 0 Å². The van der Waals surface area contributed by atoms with Crippen molar-refractivity contribution >= 4 is 46.1 Å². The summed E-state index contributed by atoms with van der Waals surface area (Å²) in [6.07, 6.45) is -0.148. The van der Waals surface area contributed by atoms with E-state index in [2.05, 4.69) is 10.6 Å². The number of fused-ring (bicyclic) bond motifs is 1. The molecule has 1 unspecified atom stereocenters. The molecule has 146 valence electrons. The van der Waals surface area contributed by atoms with E-state index in [-0.39, 0.29) is 24.1 Å². The Morgan fingerprint density at radius 1 is 1.07 bits per heavy atom. The van der Waals surface area contributed by atoms with E-state index >= 15 is 0 Å². The minimum absolute atomic E-state index is 0.148. The molecule has 0 radical (unpaired) electrons. The summed E-state index contributed by atoms with van der Waals surface area (Å²) in [5.41, 5.74) is 2.86. The molecular weight excluding hydrogens is 386 g/mol. The number of carbonyl (C=O) groups is 3. The molecule has 1 aliphatic heterocycles. The van der Waals surface area contributed by atoms with Crippen LogP contribution in [0.4, 0.5) is 17.1 Å². The number of nitrogens with one attached hydrogen (secondary N) is 2. The lowest BCUT2D eigenvalue weighted by Crippen LogP contribution is -2.52. The monoisotopic (exact) mass is 405 g/mol. The normalized spacial score (nSPS) is 15.4. The van der Waals surface area contributed by atoms with Crippen molar-refractivity contribution in [2.45, 2.75) is 19.4 Å². The number of thiophene rings is 1. The van der Waals surface area contributed by atoms with Gasteiger partial charge in [0.1, 0.15) is 6.04 Å². The average Bonchev–Trinajstić information content (AvgIpc) is 3.25. The molecule has 3 amide bonds. The maximum Gasteiger partial charge on any atom is 0.269 e. The Labute approximate surface area is 172 Å². The Bertz CT molecular complexity index is 1060. The molecule has 3 aromatic rings. The Hall–Kier alpha value is -3.45. The third kappa shape index (κ3) is 3.90. The van der Waals surface area contributed by atoms with Crippen LogP contribution in [0.3, 0.4) is 0 Å². The number of benzene rings is 2. The second kappa shape index (κ2) is 7.89. The van der Waals surface area contributed by atoms with Crippen LogP contribution in [-0.2, 0) is 9.59 Å². The van der Waals surface area contributed by atoms with Crippen LogP contribution in [0.15, 0.2) is 66.0 Å². The van der Waals surface area contributed by atoms with Crippen LogP contribution >= 0.6 is 11.3 Å². The lowest BCUT2D eigenvalue weighted by Gasteiger charge is -2.35. The SMILES string of the molecule is Cc1ccc(NC(=O)CC2C(=O)Nc3ccccc3N2C(=O)c2cccs2)cc1. The van der Waals surface area contributed by atoms with Crippen LogP contribution in [0.2, 0.25) is 0 Å². The van der Waals surface area contributed by atoms with Gasteiger partial charge < -0.3 is 10.6 Å². The Morgan fingerprint density at radius 2 is 1.83 bits per heavy atom. The van der Waals surface area contributed by atoms with E-state index < -0.39 is 6.04 Å². The van der Waals surface area contributed by atoms with Crippen molar-refractivity contribution in [1.29, 1.82) is 0 Å². The summed E-state index contributed by atoms with van der Waals surface area (Å²) >= 11 is 1.30. The Balaban J connectivity index is 1.62. The molecule has 0 aliphatic carbocycles. The molecule has 29 heavy (non-hydrogen) atoms. The third-order valence-electron chi connectivity index (χ3n) is 4.70. The number of anilines is 3. The summed E-state index contributed by atoms with van der Waals surface area (Å²) < 4.78 is 0. The molecule has 1 atom stereocenters. The zero-order valence-corrected chi connectivity index (χ0v) is 16.5. The lowest BCUT2D eigenvalue weighted by molar-refractivity contribution is -0.122. The van der Waals surface area contributed by atoms with E-state index in [0.717, 1.165) is 5.56 Å². The summed E-state index contributed by atoms with van der Waals surface area (Å²) in [4.78, 5) is 40.6. The highest BCUT2D eigenvalue weighted by molar-refractivity contribution is 7.12. The second-order valence-corrected chi connectivity index (χ2v) is 7.74. The van der Waals surface area contributed by atoms with Gasteiger partial charge in [-0.15, -0.1) is 11.3 Å². The highest BCUT2D eigenvalue weighted by Gasteiger charge is 2.38. The van der Waals surface area contributed by atoms with Crippen LogP contribution in [-0.4, -0.2) is 23.8 Å². The zero-order valence-electron chi connectivity index (χ0n) is 15.7. The highest BCUT2D eigenvalue weighted by atomic mass is 32.1. The van der Waals surface area contributed by atoms with E-state index in [9.17, 15) is 14.4 Å². The largest absolute Gasteiger partial charge is 0.326 e. The summed E-state index contributed by atoms with van der Waals surface area (Å²) in [7, 11) is 0. The number of hydrogen-bond acceptors (Lipinski definition) is 4. The highest BCUT2D eigenvalue weighted by Crippen LogP contribution is 2.34. The first-order valence-corrected chi connectivity index (χ1v) is 10.0. The number of carbonyl (C=O) groups excluding carboxylic acids is 3. The molecule has 0 saturated carbocycles. The molecular formula is C22H19N3O3S. The maximum atomic E-state index is 13.2. The van der Waals surface area contributed by atoms with Gasteiger partial charge in [0.05, 0.1) is 22.7 Å². The van der Waals surface area contributed by atoms with Crippen molar-refractivity contribution in [3.8, 4) is 0 Å². The standard InChI is InChI=1S/C22H19N3O3S/c1-14-8-10-15(11-9-14)23-20(26)13-18-21(27)24-16-5-2-3-6-17(16)25(18)22(28)19-7-4-12-29-19/h2-12,18H,13H2,1H3,(H,23,26)(H,24,27). The Morgan fingerprint density at radius 3 is 2.55 bits per heavy atom. The summed E-state index contributed by atoms with van der Waals surface area (Å²) in [5, 5.41) is 7.42. The molecule has 7 heteroatoms. The molecule has 1 aromatic heterocycles. The minimum Gasteiger partial charge on any atom is -0.326 e. The van der Waals surface area contributed by atoms with Crippen molar-refractivity contribution in [3.63, 3.8) is 0 Å². The van der Waals surface area contributed by atoms with Crippen molar-refractivity contribution in [2.75, 3.05) is 15.5 Å². The van der Waals surface area contributed by atoms with Gasteiger partial charge >= 0.3 is 0 Å². The van der Waals surface area contributed by atoms with Crippen molar-refractivity contribution in [1.82, 2.24) is 0 Å². The second-order valence-electron chi connectivity index (χ2n) is 6.79. The maximum absolute atomic E-state index is 13.2. The van der Waals surface area contributed by atoms with Gasteiger partial charge in [-0.2, -0.15) is 0 Å². The smallest absolute Gasteiger partial charge is 0.269 e. The zero-order chi connectivity index (χ0) is 20.4. The molecule has 2 aromatic carbocycles. The molecule has 2 heterocycles. The first kappa shape index (κ1) is 18.9. The van der Waals surface area contributed by atoms with Crippen LogP contribution in [0.25, 0.3) is 0 Å². The summed E-state index contributed by atoms with van der Waals surface area (Å²) in [5.74, 6) is -1.01. The number of hydrogen-bond donors (Lipinski definition) is 2. The van der Waals surface area contributed by atoms with Gasteiger partial charge in [0.25, 0.3) is 5.91 Å². The lowest BCUT2D eigenvalue weighted by atomic mass is 10.0. The van der Waals surface area contributed by atoms with Crippen molar-refractivity contribution in [3.05, 3.63) is 76.5 Å². The van der Waals surface area contributed by atoms with Crippen molar-refractivity contribution in [2.24, 2.45) is 0 Å². The fraction of sp³-hybridized carbons (Fsp3) is 0.136. The van der Waals surface area contributed by atoms with Crippen LogP contribution in [0, 0.1) is 6.92 Å². The molecule has 0 fully saturated rings. The van der Waals surface area contributed by atoms with E-state index in [1.54, 1.807) is 48.5 Å². The van der Waals surface area contributed by atoms with Crippen LogP contribution < -0.4 is 15.5 Å². The fourth-order valence-electron chi connectivity index (χ4n) is 3.27. The molecule has 0 saturated heterocycles. The Kier molecular flexibility index (Phi) is 5.14. The van der Waals surface area contributed by atoms with Gasteiger partial charge in [-0.3, -0.25) is 19.3 Å². The minimum atomic E-state index is -0.940. The molecule has 1 aliphatic rings. The number of amides is 3. The van der Waals surface area contributed by atoms with Crippen LogP contribution in [0.1, 0.15) is 21.7 Å². The first-order chi connectivity index (χ1) is 14.0.